The zero-order valence-electron chi connectivity index (χ0n) is 18.9. The molecule has 31 heavy (non-hydrogen) atoms. The van der Waals surface area contributed by atoms with Crippen molar-refractivity contribution < 1.29 is 24.2 Å². The molecule has 5 nitrogen and oxygen atoms in total. The highest BCUT2D eigenvalue weighted by atomic mass is 16.5. The van der Waals surface area contributed by atoms with Gasteiger partial charge in [-0.2, -0.15) is 0 Å². The molecule has 0 amide bonds. The average Bonchev–Trinajstić information content (AvgIpc) is 3.42. The van der Waals surface area contributed by atoms with Crippen LogP contribution >= 0.6 is 0 Å². The van der Waals surface area contributed by atoms with Crippen molar-refractivity contribution in [3.05, 3.63) is 11.6 Å². The second kappa shape index (κ2) is 6.51. The molecule has 0 radical (unpaired) electrons. The molecule has 6 aliphatic rings. The van der Waals surface area contributed by atoms with Crippen molar-refractivity contribution in [3.63, 3.8) is 0 Å². The molecule has 2 saturated heterocycles. The summed E-state index contributed by atoms with van der Waals surface area (Å²) >= 11 is 0. The van der Waals surface area contributed by atoms with Crippen LogP contribution in [0.3, 0.4) is 0 Å². The molecule has 3 saturated carbocycles. The van der Waals surface area contributed by atoms with Gasteiger partial charge in [0, 0.05) is 17.4 Å². The topological polar surface area (TPSA) is 72.8 Å². The van der Waals surface area contributed by atoms with Crippen LogP contribution in [0.5, 0.6) is 0 Å². The molecular weight excluding hydrogens is 392 g/mol. The number of rotatable bonds is 1. The predicted molar refractivity (Wildman–Crippen MR) is 114 cm³/mol. The minimum atomic E-state index is -0.551. The first-order valence-corrected chi connectivity index (χ1v) is 12.3. The van der Waals surface area contributed by atoms with E-state index in [1.54, 1.807) is 6.08 Å². The Bertz CT molecular complexity index is 837. The molecule has 9 atom stereocenters. The van der Waals surface area contributed by atoms with E-state index in [1.165, 1.54) is 18.4 Å². The van der Waals surface area contributed by atoms with Gasteiger partial charge in [-0.25, -0.2) is 0 Å². The number of aliphatic hydroxyl groups is 1. The maximum absolute atomic E-state index is 12.4. The molecule has 4 aliphatic carbocycles. The van der Waals surface area contributed by atoms with Crippen LogP contribution in [0.1, 0.15) is 58.8 Å². The average molecular weight is 429 g/mol. The number of carbonyl (C=O) groups is 2. The molecule has 0 bridgehead atoms. The van der Waals surface area contributed by atoms with Gasteiger partial charge in [-0.3, -0.25) is 4.79 Å². The summed E-state index contributed by atoms with van der Waals surface area (Å²) in [6.07, 6.45) is 8.95. The first kappa shape index (κ1) is 20.6. The number of fused-ring (bicyclic) bond motifs is 7. The lowest BCUT2D eigenvalue weighted by Gasteiger charge is -2.63. The van der Waals surface area contributed by atoms with Gasteiger partial charge in [-0.05, 0) is 79.6 Å². The quantitative estimate of drug-likeness (QED) is 0.512. The molecule has 2 heterocycles. The third kappa shape index (κ3) is 2.33. The van der Waals surface area contributed by atoms with E-state index in [-0.39, 0.29) is 33.4 Å². The van der Waals surface area contributed by atoms with E-state index in [2.05, 4.69) is 13.8 Å². The van der Waals surface area contributed by atoms with Gasteiger partial charge in [0.15, 0.2) is 5.78 Å². The van der Waals surface area contributed by atoms with Crippen molar-refractivity contribution in [2.24, 2.45) is 45.3 Å². The van der Waals surface area contributed by atoms with Gasteiger partial charge in [-0.1, -0.05) is 19.4 Å². The molecule has 9 unspecified atom stereocenters. The van der Waals surface area contributed by atoms with Crippen LogP contribution in [0.4, 0.5) is 0 Å². The Labute approximate surface area is 184 Å². The molecule has 0 aromatic heterocycles. The van der Waals surface area contributed by atoms with Crippen LogP contribution in [-0.4, -0.2) is 49.7 Å². The van der Waals surface area contributed by atoms with Gasteiger partial charge >= 0.3 is 0 Å². The third-order valence-corrected chi connectivity index (χ3v) is 11.4. The standard InChI is InChI=1S/C26H36O5/c1-23-10-16(12-27)20(28)9-17(23)3-4-18-19-5-6-26(24(19,2)11-21(29)22(18)23)15-31-14-25(26)7-8-30-13-25/h9,12,16,18-19,21-22,29H,3-8,10-11,13-15H2,1-2H3. The molecular formula is C26H36O5. The number of ether oxygens (including phenoxy) is 2. The van der Waals surface area contributed by atoms with Crippen LogP contribution in [0.15, 0.2) is 11.6 Å². The Morgan fingerprint density at radius 3 is 2.65 bits per heavy atom. The monoisotopic (exact) mass is 428 g/mol. The maximum Gasteiger partial charge on any atom is 0.165 e. The smallest absolute Gasteiger partial charge is 0.165 e. The fraction of sp³-hybridized carbons (Fsp3) is 0.846. The van der Waals surface area contributed by atoms with E-state index < -0.39 is 12.0 Å². The van der Waals surface area contributed by atoms with Crippen molar-refractivity contribution >= 4 is 12.1 Å². The maximum atomic E-state index is 12.4. The highest BCUT2D eigenvalue weighted by molar-refractivity contribution is 6.02. The van der Waals surface area contributed by atoms with E-state index in [1.807, 2.05) is 0 Å². The summed E-state index contributed by atoms with van der Waals surface area (Å²) in [5.74, 6) is 0.545. The van der Waals surface area contributed by atoms with Crippen LogP contribution in [-0.2, 0) is 19.1 Å². The van der Waals surface area contributed by atoms with Crippen molar-refractivity contribution in [2.75, 3.05) is 26.4 Å². The Kier molecular flexibility index (Phi) is 4.32. The fourth-order valence-electron chi connectivity index (χ4n) is 9.96. The van der Waals surface area contributed by atoms with Crippen molar-refractivity contribution in [3.8, 4) is 0 Å². The zero-order valence-corrected chi connectivity index (χ0v) is 18.9. The Morgan fingerprint density at radius 2 is 1.90 bits per heavy atom. The van der Waals surface area contributed by atoms with Gasteiger partial charge in [0.2, 0.25) is 0 Å². The highest BCUT2D eigenvalue weighted by Crippen LogP contribution is 2.75. The summed E-state index contributed by atoms with van der Waals surface area (Å²) in [7, 11) is 0. The van der Waals surface area contributed by atoms with Gasteiger partial charge < -0.3 is 19.4 Å². The summed E-state index contributed by atoms with van der Waals surface area (Å²) in [6.45, 7) is 7.90. The molecule has 2 spiro atoms. The lowest BCUT2D eigenvalue weighted by Crippen LogP contribution is -2.61. The van der Waals surface area contributed by atoms with Gasteiger partial charge in [0.1, 0.15) is 6.29 Å². The van der Waals surface area contributed by atoms with E-state index in [0.29, 0.717) is 18.3 Å². The van der Waals surface area contributed by atoms with Crippen molar-refractivity contribution in [2.45, 2.75) is 64.9 Å². The largest absolute Gasteiger partial charge is 0.393 e. The Hall–Kier alpha value is -1.04. The first-order chi connectivity index (χ1) is 14.8. The van der Waals surface area contributed by atoms with Crippen LogP contribution < -0.4 is 0 Å². The summed E-state index contributed by atoms with van der Waals surface area (Å²) in [6, 6.07) is 0. The summed E-state index contributed by atoms with van der Waals surface area (Å²) in [5, 5.41) is 11.7. The van der Waals surface area contributed by atoms with Crippen LogP contribution in [0, 0.1) is 45.3 Å². The fourth-order valence-corrected chi connectivity index (χ4v) is 9.96. The molecule has 2 aliphatic heterocycles. The highest BCUT2D eigenvalue weighted by Gasteiger charge is 2.73. The number of ketones is 1. The molecule has 0 aromatic rings. The van der Waals surface area contributed by atoms with Crippen molar-refractivity contribution in [1.82, 2.24) is 0 Å². The summed E-state index contributed by atoms with van der Waals surface area (Å²) < 4.78 is 12.1. The number of allylic oxidation sites excluding steroid dienone is 1. The lowest BCUT2D eigenvalue weighted by molar-refractivity contribution is -0.166. The zero-order chi connectivity index (χ0) is 21.6. The molecule has 6 rings (SSSR count). The van der Waals surface area contributed by atoms with E-state index in [0.717, 1.165) is 58.4 Å². The first-order valence-electron chi connectivity index (χ1n) is 12.3. The molecule has 5 heteroatoms. The minimum Gasteiger partial charge on any atom is -0.393 e. The SMILES string of the molecule is CC12CC(C=O)C(=O)C=C1CCC1C2C(O)CC2(C)C1CCC21COCC12CCOC2. The van der Waals surface area contributed by atoms with E-state index >= 15 is 0 Å². The van der Waals surface area contributed by atoms with E-state index in [4.69, 9.17) is 9.47 Å². The second-order valence-electron chi connectivity index (χ2n) is 12.2. The number of aldehydes is 1. The lowest BCUT2D eigenvalue weighted by atomic mass is 9.41. The van der Waals surface area contributed by atoms with Crippen LogP contribution in [0.2, 0.25) is 0 Å². The normalized spacial score (nSPS) is 55.8. The summed E-state index contributed by atoms with van der Waals surface area (Å²) in [5.41, 5.74) is 1.17. The second-order valence-corrected chi connectivity index (χ2v) is 12.2. The molecule has 5 fully saturated rings. The van der Waals surface area contributed by atoms with Crippen molar-refractivity contribution in [1.29, 1.82) is 0 Å². The minimum absolute atomic E-state index is 0.0397. The number of hydrogen-bond donors (Lipinski definition) is 1. The molecule has 170 valence electrons. The number of carbonyl (C=O) groups excluding carboxylic acids is 2. The Balaban J connectivity index is 1.40. The van der Waals surface area contributed by atoms with Gasteiger partial charge in [-0.15, -0.1) is 0 Å². The molecule has 0 aromatic carbocycles. The van der Waals surface area contributed by atoms with E-state index in [9.17, 15) is 14.7 Å². The third-order valence-electron chi connectivity index (χ3n) is 11.4. The predicted octanol–water partition coefficient (Wildman–Crippen LogP) is 3.34. The van der Waals surface area contributed by atoms with Crippen LogP contribution in [0.25, 0.3) is 0 Å². The van der Waals surface area contributed by atoms with Gasteiger partial charge in [0.25, 0.3) is 0 Å². The Morgan fingerprint density at radius 1 is 1.10 bits per heavy atom. The summed E-state index contributed by atoms with van der Waals surface area (Å²) in [4.78, 5) is 24.1. The molecule has 1 N–H and O–H groups in total. The number of aliphatic hydroxyl groups excluding tert-OH is 1. The van der Waals surface area contributed by atoms with Gasteiger partial charge in [0.05, 0.1) is 31.8 Å². The number of hydrogen-bond acceptors (Lipinski definition) is 5.